The zero-order valence-corrected chi connectivity index (χ0v) is 15.3. The minimum atomic E-state index is 0.113. The van der Waals surface area contributed by atoms with Gasteiger partial charge in [0.25, 0.3) is 5.22 Å². The Morgan fingerprint density at radius 3 is 2.76 bits per heavy atom. The number of rotatable bonds is 5. The molecule has 2 aliphatic rings. The summed E-state index contributed by atoms with van der Waals surface area (Å²) in [7, 11) is 0. The molecule has 1 aromatic carbocycles. The summed E-state index contributed by atoms with van der Waals surface area (Å²) < 4.78 is 5.58. The number of hydrogen-bond acceptors (Lipinski definition) is 6. The van der Waals surface area contributed by atoms with Crippen molar-refractivity contribution in [2.45, 2.75) is 24.0 Å². The molecule has 4 rings (SSSR count). The summed E-state index contributed by atoms with van der Waals surface area (Å²) in [6.07, 6.45) is 2.25. The molecule has 6 nitrogen and oxygen atoms in total. The van der Waals surface area contributed by atoms with Gasteiger partial charge in [-0.1, -0.05) is 29.4 Å². The molecule has 0 bridgehead atoms. The molecule has 0 radical (unpaired) electrons. The maximum Gasteiger partial charge on any atom is 0.277 e. The van der Waals surface area contributed by atoms with Crippen LogP contribution in [0.1, 0.15) is 24.7 Å². The number of carbonyl (C=O) groups excluding carboxylic acids is 1. The van der Waals surface area contributed by atoms with Crippen molar-refractivity contribution in [3.63, 3.8) is 0 Å². The maximum absolute atomic E-state index is 12.4. The van der Waals surface area contributed by atoms with Crippen LogP contribution in [0.4, 0.5) is 5.69 Å². The average molecular weight is 379 g/mol. The van der Waals surface area contributed by atoms with E-state index in [1.165, 1.54) is 11.8 Å². The highest BCUT2D eigenvalue weighted by Crippen LogP contribution is 2.39. The number of anilines is 1. The number of amides is 1. The number of nitrogens with zero attached hydrogens (tertiary/aromatic N) is 4. The summed E-state index contributed by atoms with van der Waals surface area (Å²) in [5.41, 5.74) is 1.10. The van der Waals surface area contributed by atoms with Crippen LogP contribution in [0.3, 0.4) is 0 Å². The average Bonchev–Trinajstić information content (AvgIpc) is 3.38. The first-order valence-electron chi connectivity index (χ1n) is 8.43. The topological polar surface area (TPSA) is 62.5 Å². The lowest BCUT2D eigenvalue weighted by molar-refractivity contribution is -0.128. The van der Waals surface area contributed by atoms with Crippen LogP contribution in [0.2, 0.25) is 5.02 Å². The summed E-state index contributed by atoms with van der Waals surface area (Å²) in [6.45, 7) is 3.04. The van der Waals surface area contributed by atoms with Crippen LogP contribution in [-0.2, 0) is 4.79 Å². The minimum Gasteiger partial charge on any atom is -0.416 e. The Balaban J connectivity index is 1.26. The molecule has 1 amide bonds. The lowest BCUT2D eigenvalue weighted by Gasteiger charge is -2.36. The van der Waals surface area contributed by atoms with Crippen LogP contribution >= 0.6 is 23.4 Å². The summed E-state index contributed by atoms with van der Waals surface area (Å²) in [6, 6.07) is 7.83. The second-order valence-electron chi connectivity index (χ2n) is 6.32. The van der Waals surface area contributed by atoms with Gasteiger partial charge in [0.2, 0.25) is 11.8 Å². The van der Waals surface area contributed by atoms with Crippen molar-refractivity contribution in [1.82, 2.24) is 15.1 Å². The molecule has 8 heteroatoms. The fraction of sp³-hybridized carbons (Fsp3) is 0.471. The van der Waals surface area contributed by atoms with Gasteiger partial charge < -0.3 is 14.2 Å². The third-order valence-electron chi connectivity index (χ3n) is 4.47. The molecular formula is C17H19ClN4O2S. The van der Waals surface area contributed by atoms with E-state index in [1.807, 2.05) is 29.2 Å². The number of hydrogen-bond donors (Lipinski definition) is 0. The van der Waals surface area contributed by atoms with E-state index in [1.54, 1.807) is 0 Å². The molecular weight excluding hydrogens is 360 g/mol. The quantitative estimate of drug-likeness (QED) is 0.745. The van der Waals surface area contributed by atoms with Crippen LogP contribution in [-0.4, -0.2) is 52.9 Å². The lowest BCUT2D eigenvalue weighted by atomic mass is 10.2. The normalized spacial score (nSPS) is 17.8. The zero-order chi connectivity index (χ0) is 17.2. The number of piperazine rings is 1. The number of halogens is 1. The number of carbonyl (C=O) groups is 1. The second kappa shape index (κ2) is 7.25. The van der Waals surface area contributed by atoms with Crippen molar-refractivity contribution in [3.05, 3.63) is 35.2 Å². The number of thioether (sulfide) groups is 1. The SMILES string of the molecule is O=C(CSc1nnc(C2CC2)o1)N1CCN(c2cccc(Cl)c2)CC1. The highest BCUT2D eigenvalue weighted by molar-refractivity contribution is 7.99. The van der Waals surface area contributed by atoms with E-state index in [9.17, 15) is 4.79 Å². The molecule has 2 aromatic rings. The molecule has 2 heterocycles. The summed E-state index contributed by atoms with van der Waals surface area (Å²) in [5.74, 6) is 1.60. The zero-order valence-electron chi connectivity index (χ0n) is 13.7. The highest BCUT2D eigenvalue weighted by atomic mass is 35.5. The van der Waals surface area contributed by atoms with Gasteiger partial charge in [0.05, 0.1) is 5.75 Å². The largest absolute Gasteiger partial charge is 0.416 e. The molecule has 2 fully saturated rings. The van der Waals surface area contributed by atoms with E-state index in [4.69, 9.17) is 16.0 Å². The third kappa shape index (κ3) is 4.10. The number of aromatic nitrogens is 2. The Kier molecular flexibility index (Phi) is 4.85. The monoisotopic (exact) mass is 378 g/mol. The molecule has 0 unspecified atom stereocenters. The first-order chi connectivity index (χ1) is 12.2. The third-order valence-corrected chi connectivity index (χ3v) is 5.51. The van der Waals surface area contributed by atoms with Crippen molar-refractivity contribution < 1.29 is 9.21 Å². The molecule has 25 heavy (non-hydrogen) atoms. The molecule has 132 valence electrons. The maximum atomic E-state index is 12.4. The van der Waals surface area contributed by atoms with Crippen LogP contribution < -0.4 is 4.90 Å². The highest BCUT2D eigenvalue weighted by Gasteiger charge is 2.29. The Morgan fingerprint density at radius 2 is 2.04 bits per heavy atom. The summed E-state index contributed by atoms with van der Waals surface area (Å²) >= 11 is 7.38. The molecule has 1 aliphatic carbocycles. The fourth-order valence-electron chi connectivity index (χ4n) is 2.88. The van der Waals surface area contributed by atoms with Gasteiger partial charge in [0.1, 0.15) is 0 Å². The van der Waals surface area contributed by atoms with Gasteiger partial charge in [0, 0.05) is 42.8 Å². The molecule has 0 N–H and O–H groups in total. The fourth-order valence-corrected chi connectivity index (χ4v) is 3.73. The number of benzene rings is 1. The van der Waals surface area contributed by atoms with Crippen LogP contribution in [0, 0.1) is 0 Å². The predicted molar refractivity (Wildman–Crippen MR) is 97.2 cm³/mol. The Hall–Kier alpha value is -1.73. The molecule has 0 atom stereocenters. The van der Waals surface area contributed by atoms with E-state index >= 15 is 0 Å². The van der Waals surface area contributed by atoms with Gasteiger partial charge in [0.15, 0.2) is 0 Å². The summed E-state index contributed by atoms with van der Waals surface area (Å²) in [5, 5.41) is 9.28. The molecule has 1 saturated carbocycles. The van der Waals surface area contributed by atoms with Gasteiger partial charge in [-0.05, 0) is 31.0 Å². The van der Waals surface area contributed by atoms with E-state index in [-0.39, 0.29) is 5.91 Å². The first kappa shape index (κ1) is 16.7. The van der Waals surface area contributed by atoms with Crippen LogP contribution in [0.15, 0.2) is 33.9 Å². The summed E-state index contributed by atoms with van der Waals surface area (Å²) in [4.78, 5) is 16.5. The van der Waals surface area contributed by atoms with Gasteiger partial charge in [-0.25, -0.2) is 0 Å². The van der Waals surface area contributed by atoms with E-state index < -0.39 is 0 Å². The van der Waals surface area contributed by atoms with Crippen LogP contribution in [0.5, 0.6) is 0 Å². The van der Waals surface area contributed by atoms with Crippen molar-refractivity contribution in [3.8, 4) is 0 Å². The molecule has 1 saturated heterocycles. The van der Waals surface area contributed by atoms with Gasteiger partial charge in [-0.3, -0.25) is 4.79 Å². The molecule has 1 aromatic heterocycles. The van der Waals surface area contributed by atoms with Gasteiger partial charge in [-0.2, -0.15) is 0 Å². The minimum absolute atomic E-state index is 0.113. The Morgan fingerprint density at radius 1 is 1.24 bits per heavy atom. The van der Waals surface area contributed by atoms with Gasteiger partial charge >= 0.3 is 0 Å². The van der Waals surface area contributed by atoms with E-state index in [2.05, 4.69) is 15.1 Å². The van der Waals surface area contributed by atoms with Crippen molar-refractivity contribution in [2.24, 2.45) is 0 Å². The second-order valence-corrected chi connectivity index (χ2v) is 7.68. The van der Waals surface area contributed by atoms with Crippen molar-refractivity contribution in [2.75, 3.05) is 36.8 Å². The lowest BCUT2D eigenvalue weighted by Crippen LogP contribution is -2.49. The molecule has 1 aliphatic heterocycles. The Labute approximate surface area is 155 Å². The van der Waals surface area contributed by atoms with E-state index in [0.29, 0.717) is 35.9 Å². The molecule has 0 spiro atoms. The smallest absolute Gasteiger partial charge is 0.277 e. The van der Waals surface area contributed by atoms with Gasteiger partial charge in [-0.15, -0.1) is 10.2 Å². The van der Waals surface area contributed by atoms with E-state index in [0.717, 1.165) is 36.6 Å². The van der Waals surface area contributed by atoms with Crippen molar-refractivity contribution in [1.29, 1.82) is 0 Å². The first-order valence-corrected chi connectivity index (χ1v) is 9.80. The Bertz CT molecular complexity index is 757. The van der Waals surface area contributed by atoms with Crippen molar-refractivity contribution >= 4 is 35.0 Å². The predicted octanol–water partition coefficient (Wildman–Crippen LogP) is 3.04. The standard InChI is InChI=1S/C17H19ClN4O2S/c18-13-2-1-3-14(10-13)21-6-8-22(9-7-21)15(23)11-25-17-20-19-16(24-17)12-4-5-12/h1-3,10,12H,4-9,11H2. The van der Waals surface area contributed by atoms with Crippen LogP contribution in [0.25, 0.3) is 0 Å².